The van der Waals surface area contributed by atoms with E-state index >= 15 is 0 Å². The Labute approximate surface area is 100 Å². The Bertz CT molecular complexity index is 344. The summed E-state index contributed by atoms with van der Waals surface area (Å²) in [6, 6.07) is 4.34. The van der Waals surface area contributed by atoms with Gasteiger partial charge in [0.15, 0.2) is 0 Å². The van der Waals surface area contributed by atoms with Crippen LogP contribution >= 0.6 is 11.6 Å². The van der Waals surface area contributed by atoms with Crippen molar-refractivity contribution >= 4 is 11.6 Å². The fraction of sp³-hybridized carbons (Fsp3) is 0.500. The van der Waals surface area contributed by atoms with Crippen molar-refractivity contribution in [3.63, 3.8) is 0 Å². The molecule has 4 heteroatoms. The Balaban J connectivity index is 2.74. The standard InChI is InChI=1S/C12H17ClFNO/c1-8(2)6-15-12(7-16)9-3-4-10(13)11(14)5-9/h3-5,8,12,15-16H,6-7H2,1-2H3. The number of aliphatic hydroxyl groups excluding tert-OH is 1. The maximum Gasteiger partial charge on any atom is 0.142 e. The van der Waals surface area contributed by atoms with Gasteiger partial charge in [-0.3, -0.25) is 0 Å². The van der Waals surface area contributed by atoms with Gasteiger partial charge in [-0.15, -0.1) is 0 Å². The van der Waals surface area contributed by atoms with Crippen molar-refractivity contribution in [2.75, 3.05) is 13.2 Å². The van der Waals surface area contributed by atoms with E-state index in [4.69, 9.17) is 11.6 Å². The van der Waals surface area contributed by atoms with E-state index in [9.17, 15) is 9.50 Å². The lowest BCUT2D eigenvalue weighted by Crippen LogP contribution is -2.28. The molecule has 0 aliphatic heterocycles. The molecule has 0 amide bonds. The van der Waals surface area contributed by atoms with E-state index in [2.05, 4.69) is 19.2 Å². The minimum Gasteiger partial charge on any atom is -0.394 e. The lowest BCUT2D eigenvalue weighted by Gasteiger charge is -2.18. The van der Waals surface area contributed by atoms with Crippen LogP contribution in [-0.4, -0.2) is 18.3 Å². The van der Waals surface area contributed by atoms with Crippen LogP contribution in [0.15, 0.2) is 18.2 Å². The SMILES string of the molecule is CC(C)CNC(CO)c1ccc(Cl)c(F)c1. The Kier molecular flexibility index (Phi) is 5.19. The summed E-state index contributed by atoms with van der Waals surface area (Å²) in [4.78, 5) is 0. The fourth-order valence-corrected chi connectivity index (χ4v) is 1.51. The lowest BCUT2D eigenvalue weighted by atomic mass is 10.1. The Morgan fingerprint density at radius 2 is 2.12 bits per heavy atom. The van der Waals surface area contributed by atoms with Crippen molar-refractivity contribution in [2.45, 2.75) is 19.9 Å². The zero-order valence-corrected chi connectivity index (χ0v) is 10.3. The van der Waals surface area contributed by atoms with Crippen LogP contribution in [-0.2, 0) is 0 Å². The molecular formula is C12H17ClFNO. The highest BCUT2D eigenvalue weighted by Gasteiger charge is 2.12. The number of halogens is 2. The molecule has 0 fully saturated rings. The van der Waals surface area contributed by atoms with Gasteiger partial charge in [0.25, 0.3) is 0 Å². The first-order valence-corrected chi connectivity index (χ1v) is 5.71. The van der Waals surface area contributed by atoms with Crippen LogP contribution in [0.2, 0.25) is 5.02 Å². The number of rotatable bonds is 5. The maximum absolute atomic E-state index is 13.2. The molecule has 2 N–H and O–H groups in total. The molecule has 1 aromatic rings. The van der Waals surface area contributed by atoms with Crippen LogP contribution in [0.1, 0.15) is 25.5 Å². The van der Waals surface area contributed by atoms with E-state index in [1.165, 1.54) is 12.1 Å². The molecule has 0 aliphatic carbocycles. The molecule has 16 heavy (non-hydrogen) atoms. The quantitative estimate of drug-likeness (QED) is 0.836. The topological polar surface area (TPSA) is 32.3 Å². The zero-order chi connectivity index (χ0) is 12.1. The van der Waals surface area contributed by atoms with Gasteiger partial charge in [-0.2, -0.15) is 0 Å². The van der Waals surface area contributed by atoms with Crippen LogP contribution in [0.3, 0.4) is 0 Å². The number of hydrogen-bond acceptors (Lipinski definition) is 2. The van der Waals surface area contributed by atoms with Gasteiger partial charge in [0.2, 0.25) is 0 Å². The van der Waals surface area contributed by atoms with Crippen molar-refractivity contribution in [3.8, 4) is 0 Å². The number of nitrogens with one attached hydrogen (secondary N) is 1. The van der Waals surface area contributed by atoms with Crippen molar-refractivity contribution in [1.82, 2.24) is 5.32 Å². The summed E-state index contributed by atoms with van der Waals surface area (Å²) in [5, 5.41) is 12.5. The van der Waals surface area contributed by atoms with E-state index in [1.54, 1.807) is 6.07 Å². The van der Waals surface area contributed by atoms with Gasteiger partial charge in [0.1, 0.15) is 5.82 Å². The first-order valence-electron chi connectivity index (χ1n) is 5.33. The minimum absolute atomic E-state index is 0.0617. The second-order valence-electron chi connectivity index (χ2n) is 4.21. The van der Waals surface area contributed by atoms with Gasteiger partial charge in [-0.25, -0.2) is 4.39 Å². The molecule has 90 valence electrons. The van der Waals surface area contributed by atoms with Crippen molar-refractivity contribution in [1.29, 1.82) is 0 Å². The molecule has 0 aromatic heterocycles. The molecule has 0 saturated carbocycles. The van der Waals surface area contributed by atoms with Crippen LogP contribution in [0, 0.1) is 11.7 Å². The van der Waals surface area contributed by atoms with Gasteiger partial charge in [0, 0.05) is 0 Å². The second kappa shape index (κ2) is 6.18. The molecular weight excluding hydrogens is 229 g/mol. The predicted molar refractivity (Wildman–Crippen MR) is 64.1 cm³/mol. The van der Waals surface area contributed by atoms with Gasteiger partial charge < -0.3 is 10.4 Å². The van der Waals surface area contributed by atoms with E-state index in [0.29, 0.717) is 11.5 Å². The Morgan fingerprint density at radius 1 is 1.44 bits per heavy atom. The molecule has 0 bridgehead atoms. The highest BCUT2D eigenvalue weighted by Crippen LogP contribution is 2.20. The maximum atomic E-state index is 13.2. The average Bonchev–Trinajstić information content (AvgIpc) is 2.23. The van der Waals surface area contributed by atoms with Crippen LogP contribution in [0.4, 0.5) is 4.39 Å². The van der Waals surface area contributed by atoms with Crippen molar-refractivity contribution in [2.24, 2.45) is 5.92 Å². The molecule has 0 heterocycles. The summed E-state index contributed by atoms with van der Waals surface area (Å²) in [5.74, 6) is 0.0233. The predicted octanol–water partition coefficient (Wildman–Crippen LogP) is 2.76. The molecule has 1 atom stereocenters. The number of aliphatic hydroxyl groups is 1. The first kappa shape index (κ1) is 13.4. The summed E-state index contributed by atoms with van der Waals surface area (Å²) in [6.07, 6.45) is 0. The summed E-state index contributed by atoms with van der Waals surface area (Å²) in [6.45, 7) is 4.86. The van der Waals surface area contributed by atoms with Gasteiger partial charge in [-0.05, 0) is 30.2 Å². The minimum atomic E-state index is -0.455. The van der Waals surface area contributed by atoms with Gasteiger partial charge in [0.05, 0.1) is 17.7 Å². The van der Waals surface area contributed by atoms with E-state index in [0.717, 1.165) is 6.54 Å². The second-order valence-corrected chi connectivity index (χ2v) is 4.62. The number of hydrogen-bond donors (Lipinski definition) is 2. The van der Waals surface area contributed by atoms with Crippen molar-refractivity contribution in [3.05, 3.63) is 34.6 Å². The Morgan fingerprint density at radius 3 is 2.62 bits per heavy atom. The molecule has 0 aliphatic rings. The summed E-state index contributed by atoms with van der Waals surface area (Å²) in [7, 11) is 0. The van der Waals surface area contributed by atoms with Crippen LogP contribution in [0.5, 0.6) is 0 Å². The van der Waals surface area contributed by atoms with Crippen molar-refractivity contribution < 1.29 is 9.50 Å². The van der Waals surface area contributed by atoms with Crippen LogP contribution < -0.4 is 5.32 Å². The molecule has 0 radical (unpaired) electrons. The van der Waals surface area contributed by atoms with Gasteiger partial charge >= 0.3 is 0 Å². The van der Waals surface area contributed by atoms with Gasteiger partial charge in [-0.1, -0.05) is 31.5 Å². The molecule has 0 spiro atoms. The summed E-state index contributed by atoms with van der Waals surface area (Å²) >= 11 is 5.60. The van der Waals surface area contributed by atoms with E-state index in [-0.39, 0.29) is 17.7 Å². The molecule has 1 rings (SSSR count). The third kappa shape index (κ3) is 3.74. The molecule has 2 nitrogen and oxygen atoms in total. The third-order valence-electron chi connectivity index (χ3n) is 2.30. The highest BCUT2D eigenvalue weighted by molar-refractivity contribution is 6.30. The third-order valence-corrected chi connectivity index (χ3v) is 2.61. The normalized spacial score (nSPS) is 13.1. The lowest BCUT2D eigenvalue weighted by molar-refractivity contribution is 0.240. The summed E-state index contributed by atoms with van der Waals surface area (Å²) < 4.78 is 13.2. The fourth-order valence-electron chi connectivity index (χ4n) is 1.39. The molecule has 1 unspecified atom stereocenters. The average molecular weight is 246 g/mol. The first-order chi connectivity index (χ1) is 7.54. The van der Waals surface area contributed by atoms with E-state index < -0.39 is 5.82 Å². The van der Waals surface area contributed by atoms with E-state index in [1.807, 2.05) is 0 Å². The molecule has 0 saturated heterocycles. The smallest absolute Gasteiger partial charge is 0.142 e. The molecule has 1 aromatic carbocycles. The largest absolute Gasteiger partial charge is 0.394 e. The Hall–Kier alpha value is -0.640. The summed E-state index contributed by atoms with van der Waals surface area (Å²) in [5.41, 5.74) is 0.713. The monoisotopic (exact) mass is 245 g/mol. The number of benzene rings is 1. The van der Waals surface area contributed by atoms with Crippen LogP contribution in [0.25, 0.3) is 0 Å². The highest BCUT2D eigenvalue weighted by atomic mass is 35.5. The zero-order valence-electron chi connectivity index (χ0n) is 9.50.